The van der Waals surface area contributed by atoms with Crippen LogP contribution in [0.5, 0.6) is 5.75 Å². The van der Waals surface area contributed by atoms with Gasteiger partial charge in [-0.2, -0.15) is 0 Å². The van der Waals surface area contributed by atoms with Gasteiger partial charge in [0.05, 0.1) is 11.8 Å². The highest BCUT2D eigenvalue weighted by Gasteiger charge is 2.08. The lowest BCUT2D eigenvalue weighted by atomic mass is 10.1. The lowest BCUT2D eigenvalue weighted by molar-refractivity contribution is 0.479. The van der Waals surface area contributed by atoms with Gasteiger partial charge in [0.25, 0.3) is 0 Å². The number of benzene rings is 1. The average molecular weight is 228 g/mol. The van der Waals surface area contributed by atoms with Crippen molar-refractivity contribution in [3.8, 4) is 5.75 Å². The molecule has 1 aromatic heterocycles. The van der Waals surface area contributed by atoms with Gasteiger partial charge in [0.2, 0.25) is 0 Å². The van der Waals surface area contributed by atoms with Crippen molar-refractivity contribution in [2.75, 3.05) is 0 Å². The van der Waals surface area contributed by atoms with E-state index in [0.717, 1.165) is 10.9 Å². The molecule has 2 rings (SSSR count). The molecule has 0 N–H and O–H groups in total. The summed E-state index contributed by atoms with van der Waals surface area (Å²) in [5.41, 5.74) is 0.886. The maximum absolute atomic E-state index is 11.3. The fourth-order valence-corrected chi connectivity index (χ4v) is 1.65. The van der Waals surface area contributed by atoms with Crippen molar-refractivity contribution in [3.63, 3.8) is 0 Å². The number of rotatable bonds is 3. The van der Waals surface area contributed by atoms with E-state index in [9.17, 15) is 4.79 Å². The summed E-state index contributed by atoms with van der Waals surface area (Å²) in [4.78, 5) is 11.3. The highest BCUT2D eigenvalue weighted by molar-refractivity contribution is 5.88. The molecule has 0 aliphatic carbocycles. The Morgan fingerprint density at radius 2 is 2.06 bits per heavy atom. The second kappa shape index (κ2) is 4.70. The fourth-order valence-electron chi connectivity index (χ4n) is 1.65. The van der Waals surface area contributed by atoms with E-state index in [1.165, 1.54) is 12.3 Å². The van der Waals surface area contributed by atoms with Crippen LogP contribution < -0.4 is 10.4 Å². The second-order valence-corrected chi connectivity index (χ2v) is 3.43. The predicted octanol–water partition coefficient (Wildman–Crippen LogP) is 3.35. The number of allylic oxidation sites excluding steroid dienone is 1. The van der Waals surface area contributed by atoms with Crippen LogP contribution in [0.4, 0.5) is 0 Å². The highest BCUT2D eigenvalue weighted by Crippen LogP contribution is 2.28. The van der Waals surface area contributed by atoms with E-state index in [1.54, 1.807) is 6.07 Å². The van der Waals surface area contributed by atoms with Crippen LogP contribution >= 0.6 is 0 Å². The SMILES string of the molecule is C=COc1ccc2ccc(=O)oc2c1/C=C/C. The maximum atomic E-state index is 11.3. The Balaban J connectivity index is 2.81. The van der Waals surface area contributed by atoms with Crippen molar-refractivity contribution in [1.29, 1.82) is 0 Å². The summed E-state index contributed by atoms with van der Waals surface area (Å²) in [5.74, 6) is 0.611. The zero-order valence-corrected chi connectivity index (χ0v) is 9.47. The van der Waals surface area contributed by atoms with Gasteiger partial charge in [0.1, 0.15) is 11.3 Å². The monoisotopic (exact) mass is 228 g/mol. The summed E-state index contributed by atoms with van der Waals surface area (Å²) in [6.45, 7) is 5.40. The van der Waals surface area contributed by atoms with Gasteiger partial charge < -0.3 is 9.15 Å². The molecular formula is C14H12O3. The number of ether oxygens (including phenoxy) is 1. The molecule has 1 heterocycles. The average Bonchev–Trinajstić information content (AvgIpc) is 2.33. The molecule has 0 atom stereocenters. The highest BCUT2D eigenvalue weighted by atomic mass is 16.5. The summed E-state index contributed by atoms with van der Waals surface area (Å²) < 4.78 is 10.5. The Hall–Kier alpha value is -2.29. The van der Waals surface area contributed by atoms with Crippen LogP contribution in [0.3, 0.4) is 0 Å². The van der Waals surface area contributed by atoms with Gasteiger partial charge in [0, 0.05) is 11.5 Å². The molecule has 0 aliphatic heterocycles. The first-order valence-electron chi connectivity index (χ1n) is 5.23. The molecule has 1 aromatic carbocycles. The zero-order valence-electron chi connectivity index (χ0n) is 9.47. The van der Waals surface area contributed by atoms with E-state index < -0.39 is 0 Å². The van der Waals surface area contributed by atoms with E-state index in [4.69, 9.17) is 9.15 Å². The van der Waals surface area contributed by atoms with E-state index in [2.05, 4.69) is 6.58 Å². The topological polar surface area (TPSA) is 39.4 Å². The Morgan fingerprint density at radius 3 is 2.76 bits per heavy atom. The Morgan fingerprint density at radius 1 is 1.29 bits per heavy atom. The van der Waals surface area contributed by atoms with Crippen LogP contribution in [-0.2, 0) is 0 Å². The number of fused-ring (bicyclic) bond motifs is 1. The lowest BCUT2D eigenvalue weighted by Gasteiger charge is -2.07. The van der Waals surface area contributed by atoms with Gasteiger partial charge in [-0.15, -0.1) is 0 Å². The van der Waals surface area contributed by atoms with Crippen LogP contribution in [0, 0.1) is 0 Å². The summed E-state index contributed by atoms with van der Waals surface area (Å²) in [5, 5.41) is 0.856. The van der Waals surface area contributed by atoms with Gasteiger partial charge in [0.15, 0.2) is 0 Å². The quantitative estimate of drug-likeness (QED) is 0.597. The third-order valence-corrected chi connectivity index (χ3v) is 2.33. The molecule has 86 valence electrons. The molecule has 0 amide bonds. The van der Waals surface area contributed by atoms with Crippen LogP contribution in [0.15, 0.2) is 52.4 Å². The summed E-state index contributed by atoms with van der Waals surface area (Å²) in [6, 6.07) is 6.78. The van der Waals surface area contributed by atoms with E-state index in [0.29, 0.717) is 11.3 Å². The van der Waals surface area contributed by atoms with E-state index >= 15 is 0 Å². The normalized spacial score (nSPS) is 10.9. The molecule has 0 radical (unpaired) electrons. The standard InChI is InChI=1S/C14H12O3/c1-3-5-11-12(16-4-2)8-6-10-7-9-13(15)17-14(10)11/h3-9H,2H2,1H3/b5-3+. The van der Waals surface area contributed by atoms with Gasteiger partial charge >= 0.3 is 5.63 Å². The molecule has 3 heteroatoms. The van der Waals surface area contributed by atoms with Gasteiger partial charge in [-0.25, -0.2) is 4.79 Å². The molecule has 0 fully saturated rings. The first-order chi connectivity index (χ1) is 8.26. The summed E-state index contributed by atoms with van der Waals surface area (Å²) in [7, 11) is 0. The molecule has 0 saturated heterocycles. The lowest BCUT2D eigenvalue weighted by Crippen LogP contribution is -1.96. The van der Waals surface area contributed by atoms with Crippen molar-refractivity contribution in [3.05, 3.63) is 59.2 Å². The minimum absolute atomic E-state index is 0.376. The van der Waals surface area contributed by atoms with Crippen LogP contribution in [0.1, 0.15) is 12.5 Å². The van der Waals surface area contributed by atoms with Gasteiger partial charge in [-0.05, 0) is 25.1 Å². The molecule has 3 nitrogen and oxygen atoms in total. The summed E-state index contributed by atoms with van der Waals surface area (Å²) >= 11 is 0. The van der Waals surface area contributed by atoms with Gasteiger partial charge in [-0.3, -0.25) is 0 Å². The smallest absolute Gasteiger partial charge is 0.336 e. The molecule has 0 bridgehead atoms. The van der Waals surface area contributed by atoms with Crippen molar-refractivity contribution in [2.45, 2.75) is 6.92 Å². The van der Waals surface area contributed by atoms with Crippen LogP contribution in [0.2, 0.25) is 0 Å². The molecule has 0 aliphatic rings. The molecule has 0 unspecified atom stereocenters. The van der Waals surface area contributed by atoms with Gasteiger partial charge in [-0.1, -0.05) is 18.7 Å². The molecule has 0 spiro atoms. The third kappa shape index (κ3) is 2.13. The summed E-state index contributed by atoms with van der Waals surface area (Å²) in [6.07, 6.45) is 5.04. The van der Waals surface area contributed by atoms with Crippen LogP contribution in [0.25, 0.3) is 17.0 Å². The minimum Gasteiger partial charge on any atom is -0.465 e. The third-order valence-electron chi connectivity index (χ3n) is 2.33. The first kappa shape index (κ1) is 11.2. The van der Waals surface area contributed by atoms with Crippen molar-refractivity contribution in [1.82, 2.24) is 0 Å². The second-order valence-electron chi connectivity index (χ2n) is 3.43. The number of hydrogen-bond acceptors (Lipinski definition) is 3. The van der Waals surface area contributed by atoms with E-state index in [1.807, 2.05) is 31.2 Å². The molecule has 0 saturated carbocycles. The maximum Gasteiger partial charge on any atom is 0.336 e. The van der Waals surface area contributed by atoms with Crippen LogP contribution in [-0.4, -0.2) is 0 Å². The zero-order chi connectivity index (χ0) is 12.3. The Kier molecular flexibility index (Phi) is 3.10. The number of hydrogen-bond donors (Lipinski definition) is 0. The molecule has 17 heavy (non-hydrogen) atoms. The first-order valence-corrected chi connectivity index (χ1v) is 5.23. The van der Waals surface area contributed by atoms with Crippen molar-refractivity contribution in [2.24, 2.45) is 0 Å². The molecular weight excluding hydrogens is 216 g/mol. The molecule has 2 aromatic rings. The Labute approximate surface area is 98.6 Å². The minimum atomic E-state index is -0.376. The van der Waals surface area contributed by atoms with E-state index in [-0.39, 0.29) is 5.63 Å². The predicted molar refractivity (Wildman–Crippen MR) is 68.0 cm³/mol. The largest absolute Gasteiger partial charge is 0.465 e. The van der Waals surface area contributed by atoms with Crippen molar-refractivity contribution >= 4 is 17.0 Å². The van der Waals surface area contributed by atoms with Crippen molar-refractivity contribution < 1.29 is 9.15 Å². The fraction of sp³-hybridized carbons (Fsp3) is 0.0714. The Bertz CT molecular complexity index is 635.